The van der Waals surface area contributed by atoms with Gasteiger partial charge in [0.05, 0.1) is 0 Å². The molecule has 4 heteroatoms. The van der Waals surface area contributed by atoms with E-state index in [1.165, 1.54) is 5.56 Å². The zero-order valence-electron chi connectivity index (χ0n) is 11.6. The summed E-state index contributed by atoms with van der Waals surface area (Å²) >= 11 is 5.94. The van der Waals surface area contributed by atoms with Crippen molar-refractivity contribution in [3.8, 4) is 5.88 Å². The summed E-state index contributed by atoms with van der Waals surface area (Å²) in [5, 5.41) is 4.08. The Morgan fingerprint density at radius 2 is 2.10 bits per heavy atom. The van der Waals surface area contributed by atoms with Gasteiger partial charge >= 0.3 is 0 Å². The number of hydrogen-bond acceptors (Lipinski definition) is 3. The van der Waals surface area contributed by atoms with Gasteiger partial charge in [0.2, 0.25) is 5.88 Å². The highest BCUT2D eigenvalue weighted by molar-refractivity contribution is 6.30. The van der Waals surface area contributed by atoms with Crippen molar-refractivity contribution in [2.75, 3.05) is 6.54 Å². The molecule has 2 rings (SSSR count). The van der Waals surface area contributed by atoms with E-state index in [0.717, 1.165) is 30.1 Å². The maximum Gasteiger partial charge on any atom is 0.213 e. The standard InChI is InChI=1S/C16H19ClN2O/c1-2-7-18-11-13-6-8-19-16(10-13)20-12-14-4-3-5-15(17)9-14/h3-6,8-10,18H,2,7,11-12H2,1H3. The molecule has 0 radical (unpaired) electrons. The van der Waals surface area contributed by atoms with Gasteiger partial charge in [0.1, 0.15) is 6.61 Å². The summed E-state index contributed by atoms with van der Waals surface area (Å²) in [4.78, 5) is 4.22. The van der Waals surface area contributed by atoms with Gasteiger partial charge in [0.25, 0.3) is 0 Å². The van der Waals surface area contributed by atoms with E-state index in [2.05, 4.69) is 17.2 Å². The van der Waals surface area contributed by atoms with Crippen molar-refractivity contribution in [3.05, 3.63) is 58.7 Å². The first-order valence-corrected chi connectivity index (χ1v) is 7.18. The van der Waals surface area contributed by atoms with Gasteiger partial charge in [-0.3, -0.25) is 0 Å². The van der Waals surface area contributed by atoms with E-state index in [9.17, 15) is 0 Å². The minimum absolute atomic E-state index is 0.472. The first-order valence-electron chi connectivity index (χ1n) is 6.81. The molecular weight excluding hydrogens is 272 g/mol. The van der Waals surface area contributed by atoms with Crippen LogP contribution in [0.25, 0.3) is 0 Å². The van der Waals surface area contributed by atoms with E-state index in [-0.39, 0.29) is 0 Å². The normalized spacial score (nSPS) is 10.5. The molecule has 2 aromatic rings. The first kappa shape index (κ1) is 14.8. The Balaban J connectivity index is 1.91. The molecule has 0 atom stereocenters. The van der Waals surface area contributed by atoms with Gasteiger partial charge in [-0.2, -0.15) is 0 Å². The van der Waals surface area contributed by atoms with Crippen LogP contribution in [0.2, 0.25) is 5.02 Å². The predicted molar refractivity (Wildman–Crippen MR) is 82.0 cm³/mol. The quantitative estimate of drug-likeness (QED) is 0.787. The van der Waals surface area contributed by atoms with Gasteiger partial charge in [-0.1, -0.05) is 30.7 Å². The van der Waals surface area contributed by atoms with Crippen LogP contribution in [0.3, 0.4) is 0 Å². The topological polar surface area (TPSA) is 34.2 Å². The van der Waals surface area contributed by atoms with Crippen LogP contribution in [0.4, 0.5) is 0 Å². The Morgan fingerprint density at radius 3 is 2.90 bits per heavy atom. The van der Waals surface area contributed by atoms with Crippen LogP contribution in [0.15, 0.2) is 42.6 Å². The predicted octanol–water partition coefficient (Wildman–Crippen LogP) is 3.81. The number of halogens is 1. The number of benzene rings is 1. The Morgan fingerprint density at radius 1 is 1.20 bits per heavy atom. The second-order valence-electron chi connectivity index (χ2n) is 4.60. The molecule has 1 aromatic carbocycles. The second kappa shape index (κ2) is 7.88. The fraction of sp³-hybridized carbons (Fsp3) is 0.312. The molecular formula is C16H19ClN2O. The summed E-state index contributed by atoms with van der Waals surface area (Å²) < 4.78 is 5.70. The number of pyridine rings is 1. The summed E-state index contributed by atoms with van der Waals surface area (Å²) in [5.74, 6) is 0.640. The van der Waals surface area contributed by atoms with E-state index >= 15 is 0 Å². The highest BCUT2D eigenvalue weighted by Crippen LogP contribution is 2.14. The Labute approximate surface area is 124 Å². The summed E-state index contributed by atoms with van der Waals surface area (Å²) in [7, 11) is 0. The lowest BCUT2D eigenvalue weighted by Gasteiger charge is -2.08. The third-order valence-corrected chi connectivity index (χ3v) is 3.07. The zero-order chi connectivity index (χ0) is 14.2. The van der Waals surface area contributed by atoms with Crippen LogP contribution in [-0.4, -0.2) is 11.5 Å². The van der Waals surface area contributed by atoms with E-state index in [0.29, 0.717) is 12.5 Å². The van der Waals surface area contributed by atoms with Crippen molar-refractivity contribution in [2.45, 2.75) is 26.5 Å². The fourth-order valence-electron chi connectivity index (χ4n) is 1.83. The number of hydrogen-bond donors (Lipinski definition) is 1. The van der Waals surface area contributed by atoms with E-state index in [4.69, 9.17) is 16.3 Å². The lowest BCUT2D eigenvalue weighted by atomic mass is 10.2. The van der Waals surface area contributed by atoms with Crippen molar-refractivity contribution >= 4 is 11.6 Å². The average molecular weight is 291 g/mol. The molecule has 0 saturated carbocycles. The molecule has 0 bridgehead atoms. The lowest BCUT2D eigenvalue weighted by molar-refractivity contribution is 0.293. The third-order valence-electron chi connectivity index (χ3n) is 2.83. The summed E-state index contributed by atoms with van der Waals surface area (Å²) in [6.07, 6.45) is 2.90. The van der Waals surface area contributed by atoms with Crippen LogP contribution in [0.5, 0.6) is 5.88 Å². The van der Waals surface area contributed by atoms with Gasteiger partial charge in [0.15, 0.2) is 0 Å². The van der Waals surface area contributed by atoms with Gasteiger partial charge in [-0.15, -0.1) is 0 Å². The fourth-order valence-corrected chi connectivity index (χ4v) is 2.05. The Kier molecular flexibility index (Phi) is 5.84. The van der Waals surface area contributed by atoms with E-state index in [1.54, 1.807) is 6.20 Å². The van der Waals surface area contributed by atoms with Gasteiger partial charge in [0, 0.05) is 23.8 Å². The molecule has 0 spiro atoms. The smallest absolute Gasteiger partial charge is 0.213 e. The summed E-state index contributed by atoms with van der Waals surface area (Å²) in [6, 6.07) is 11.6. The van der Waals surface area contributed by atoms with E-state index < -0.39 is 0 Å². The minimum atomic E-state index is 0.472. The molecule has 1 N–H and O–H groups in total. The number of nitrogens with zero attached hydrogens (tertiary/aromatic N) is 1. The molecule has 0 aliphatic rings. The Hall–Kier alpha value is -1.58. The van der Waals surface area contributed by atoms with Crippen LogP contribution in [0.1, 0.15) is 24.5 Å². The molecule has 106 valence electrons. The molecule has 3 nitrogen and oxygen atoms in total. The molecule has 0 fully saturated rings. The maximum atomic E-state index is 5.94. The molecule has 0 aliphatic carbocycles. The Bertz CT molecular complexity index is 546. The van der Waals surface area contributed by atoms with Crippen LogP contribution >= 0.6 is 11.6 Å². The van der Waals surface area contributed by atoms with Crippen molar-refractivity contribution in [3.63, 3.8) is 0 Å². The first-order chi connectivity index (χ1) is 9.78. The molecule has 0 saturated heterocycles. The molecule has 0 unspecified atom stereocenters. The average Bonchev–Trinajstić information content (AvgIpc) is 2.46. The van der Waals surface area contributed by atoms with Crippen LogP contribution in [-0.2, 0) is 13.2 Å². The second-order valence-corrected chi connectivity index (χ2v) is 5.03. The van der Waals surface area contributed by atoms with Crippen molar-refractivity contribution in [1.29, 1.82) is 0 Å². The molecule has 20 heavy (non-hydrogen) atoms. The number of ether oxygens (including phenoxy) is 1. The van der Waals surface area contributed by atoms with E-state index in [1.807, 2.05) is 36.4 Å². The lowest BCUT2D eigenvalue weighted by Crippen LogP contribution is -2.13. The maximum absolute atomic E-state index is 5.94. The molecule has 1 heterocycles. The number of rotatable bonds is 7. The summed E-state index contributed by atoms with van der Waals surface area (Å²) in [6.45, 7) is 4.48. The van der Waals surface area contributed by atoms with Gasteiger partial charge < -0.3 is 10.1 Å². The van der Waals surface area contributed by atoms with Gasteiger partial charge in [-0.25, -0.2) is 4.98 Å². The molecule has 0 amide bonds. The van der Waals surface area contributed by atoms with Crippen LogP contribution in [0, 0.1) is 0 Å². The monoisotopic (exact) mass is 290 g/mol. The van der Waals surface area contributed by atoms with Crippen molar-refractivity contribution in [2.24, 2.45) is 0 Å². The molecule has 1 aromatic heterocycles. The number of nitrogens with one attached hydrogen (secondary N) is 1. The van der Waals surface area contributed by atoms with Crippen LogP contribution < -0.4 is 10.1 Å². The van der Waals surface area contributed by atoms with Crippen molar-refractivity contribution in [1.82, 2.24) is 10.3 Å². The van der Waals surface area contributed by atoms with Crippen molar-refractivity contribution < 1.29 is 4.74 Å². The zero-order valence-corrected chi connectivity index (χ0v) is 12.4. The largest absolute Gasteiger partial charge is 0.473 e. The highest BCUT2D eigenvalue weighted by Gasteiger charge is 2.00. The minimum Gasteiger partial charge on any atom is -0.473 e. The summed E-state index contributed by atoms with van der Waals surface area (Å²) in [5.41, 5.74) is 2.21. The van der Waals surface area contributed by atoms with Gasteiger partial charge in [-0.05, 0) is 42.3 Å². The molecule has 0 aliphatic heterocycles. The number of aromatic nitrogens is 1. The highest BCUT2D eigenvalue weighted by atomic mass is 35.5. The third kappa shape index (κ3) is 4.83. The SMILES string of the molecule is CCCNCc1ccnc(OCc2cccc(Cl)c2)c1.